The van der Waals surface area contributed by atoms with Crippen LogP contribution in [0.2, 0.25) is 0 Å². The summed E-state index contributed by atoms with van der Waals surface area (Å²) in [4.78, 5) is 13.7. The lowest BCUT2D eigenvalue weighted by atomic mass is 10.1. The summed E-state index contributed by atoms with van der Waals surface area (Å²) in [6.45, 7) is 0. The second kappa shape index (κ2) is 4.51. The van der Waals surface area contributed by atoms with Crippen molar-refractivity contribution in [3.63, 3.8) is 0 Å². The number of amides is 1. The standard InChI is InChI=1S/C15H11F3N2O/c1-20-12-5-3-2-4-10(12)14(21)19-11-7-6-9(8-13(11)20)15(16,17)18/h2-8H,1H3,(H,19,21). The smallest absolute Gasteiger partial charge is 0.342 e. The Bertz CT molecular complexity index is 725. The predicted molar refractivity (Wildman–Crippen MR) is 73.9 cm³/mol. The topological polar surface area (TPSA) is 32.3 Å². The SMILES string of the molecule is CN1c2cc(C(F)(F)F)ccc2NC(=O)c2ccccc21. The molecule has 0 saturated carbocycles. The monoisotopic (exact) mass is 292 g/mol. The fourth-order valence-electron chi connectivity index (χ4n) is 2.37. The average molecular weight is 292 g/mol. The number of nitrogens with zero attached hydrogens (tertiary/aromatic N) is 1. The Morgan fingerprint density at radius 3 is 2.48 bits per heavy atom. The lowest BCUT2D eigenvalue weighted by Gasteiger charge is -2.21. The summed E-state index contributed by atoms with van der Waals surface area (Å²) in [5, 5.41) is 2.64. The highest BCUT2D eigenvalue weighted by Crippen LogP contribution is 2.40. The molecular formula is C15H11F3N2O. The molecule has 0 aromatic heterocycles. The highest BCUT2D eigenvalue weighted by Gasteiger charge is 2.32. The molecule has 3 rings (SSSR count). The Kier molecular flexibility index (Phi) is 2.90. The molecule has 1 heterocycles. The Labute approximate surface area is 119 Å². The molecule has 0 aliphatic carbocycles. The maximum Gasteiger partial charge on any atom is 0.416 e. The summed E-state index contributed by atoms with van der Waals surface area (Å²) >= 11 is 0. The molecule has 21 heavy (non-hydrogen) atoms. The van der Waals surface area contributed by atoms with E-state index in [-0.39, 0.29) is 5.91 Å². The van der Waals surface area contributed by atoms with Crippen LogP contribution >= 0.6 is 0 Å². The Hall–Kier alpha value is -2.50. The van der Waals surface area contributed by atoms with E-state index < -0.39 is 11.7 Å². The first kappa shape index (κ1) is 13.5. The average Bonchev–Trinajstić information content (AvgIpc) is 2.55. The van der Waals surface area contributed by atoms with Gasteiger partial charge in [-0.15, -0.1) is 0 Å². The van der Waals surface area contributed by atoms with E-state index in [4.69, 9.17) is 0 Å². The first-order chi connectivity index (χ1) is 9.88. The van der Waals surface area contributed by atoms with Gasteiger partial charge in [-0.2, -0.15) is 13.2 Å². The van der Waals surface area contributed by atoms with Crippen molar-refractivity contribution < 1.29 is 18.0 Å². The second-order valence-electron chi connectivity index (χ2n) is 4.76. The molecule has 0 spiro atoms. The van der Waals surface area contributed by atoms with E-state index >= 15 is 0 Å². The van der Waals surface area contributed by atoms with Gasteiger partial charge < -0.3 is 10.2 Å². The van der Waals surface area contributed by atoms with E-state index in [9.17, 15) is 18.0 Å². The van der Waals surface area contributed by atoms with Gasteiger partial charge in [0.25, 0.3) is 5.91 Å². The minimum Gasteiger partial charge on any atom is -0.342 e. The van der Waals surface area contributed by atoms with Gasteiger partial charge in [-0.3, -0.25) is 4.79 Å². The number of alkyl halides is 3. The van der Waals surface area contributed by atoms with Crippen LogP contribution in [0, 0.1) is 0 Å². The molecule has 6 heteroatoms. The number of rotatable bonds is 0. The second-order valence-corrected chi connectivity index (χ2v) is 4.76. The number of carbonyl (C=O) groups excluding carboxylic acids is 1. The van der Waals surface area contributed by atoms with Crippen LogP contribution in [0.4, 0.5) is 30.2 Å². The fourth-order valence-corrected chi connectivity index (χ4v) is 2.37. The number of nitrogens with one attached hydrogen (secondary N) is 1. The first-order valence-corrected chi connectivity index (χ1v) is 6.23. The van der Waals surface area contributed by atoms with E-state index in [2.05, 4.69) is 5.32 Å². The third-order valence-corrected chi connectivity index (χ3v) is 3.44. The van der Waals surface area contributed by atoms with E-state index in [0.717, 1.165) is 12.1 Å². The number of hydrogen-bond acceptors (Lipinski definition) is 2. The number of hydrogen-bond donors (Lipinski definition) is 1. The molecule has 0 radical (unpaired) electrons. The third-order valence-electron chi connectivity index (χ3n) is 3.44. The van der Waals surface area contributed by atoms with Gasteiger partial charge in [0.05, 0.1) is 28.2 Å². The van der Waals surface area contributed by atoms with Gasteiger partial charge in [0, 0.05) is 7.05 Å². The summed E-state index contributed by atoms with van der Waals surface area (Å²) in [7, 11) is 1.64. The van der Waals surface area contributed by atoms with Gasteiger partial charge >= 0.3 is 6.18 Å². The maximum atomic E-state index is 12.9. The molecule has 1 aliphatic rings. The van der Waals surface area contributed by atoms with Gasteiger partial charge in [-0.1, -0.05) is 12.1 Å². The van der Waals surface area contributed by atoms with Crippen LogP contribution in [-0.2, 0) is 6.18 Å². The molecule has 0 atom stereocenters. The van der Waals surface area contributed by atoms with Gasteiger partial charge in [-0.25, -0.2) is 0 Å². The molecule has 1 N–H and O–H groups in total. The zero-order valence-corrected chi connectivity index (χ0v) is 11.0. The maximum absolute atomic E-state index is 12.9. The summed E-state index contributed by atoms with van der Waals surface area (Å²) in [6.07, 6.45) is -4.42. The predicted octanol–water partition coefficient (Wildman–Crippen LogP) is 4.04. The van der Waals surface area contributed by atoms with Crippen molar-refractivity contribution in [2.45, 2.75) is 6.18 Å². The minimum atomic E-state index is -4.42. The number of para-hydroxylation sites is 1. The zero-order valence-electron chi connectivity index (χ0n) is 11.0. The van der Waals surface area contributed by atoms with Gasteiger partial charge in [0.1, 0.15) is 0 Å². The van der Waals surface area contributed by atoms with Crippen LogP contribution in [0.5, 0.6) is 0 Å². The van der Waals surface area contributed by atoms with Crippen molar-refractivity contribution in [1.29, 1.82) is 0 Å². The molecule has 108 valence electrons. The van der Waals surface area contributed by atoms with E-state index in [1.54, 1.807) is 36.2 Å². The summed E-state index contributed by atoms with van der Waals surface area (Å²) in [5.74, 6) is -0.337. The molecule has 2 aromatic rings. The van der Waals surface area contributed by atoms with Crippen molar-refractivity contribution in [2.24, 2.45) is 0 Å². The van der Waals surface area contributed by atoms with Crippen LogP contribution in [0.1, 0.15) is 15.9 Å². The van der Waals surface area contributed by atoms with Gasteiger partial charge in [0.15, 0.2) is 0 Å². The van der Waals surface area contributed by atoms with E-state index in [0.29, 0.717) is 22.6 Å². The third kappa shape index (κ3) is 2.22. The van der Waals surface area contributed by atoms with Crippen LogP contribution in [0.3, 0.4) is 0 Å². The van der Waals surface area contributed by atoms with Crippen molar-refractivity contribution >= 4 is 23.0 Å². The van der Waals surface area contributed by atoms with Crippen molar-refractivity contribution in [3.05, 3.63) is 53.6 Å². The van der Waals surface area contributed by atoms with Gasteiger partial charge in [-0.05, 0) is 30.3 Å². The van der Waals surface area contributed by atoms with Crippen LogP contribution in [0.25, 0.3) is 0 Å². The Morgan fingerprint density at radius 1 is 1.05 bits per heavy atom. The number of fused-ring (bicyclic) bond motifs is 2. The largest absolute Gasteiger partial charge is 0.416 e. The Balaban J connectivity index is 2.20. The molecule has 1 aliphatic heterocycles. The van der Waals surface area contributed by atoms with Gasteiger partial charge in [0.2, 0.25) is 0 Å². The number of halogens is 3. The Morgan fingerprint density at radius 2 is 1.76 bits per heavy atom. The number of carbonyl (C=O) groups is 1. The molecule has 0 bridgehead atoms. The molecule has 2 aromatic carbocycles. The van der Waals surface area contributed by atoms with Crippen molar-refractivity contribution in [3.8, 4) is 0 Å². The summed E-state index contributed by atoms with van der Waals surface area (Å²) < 4.78 is 38.6. The highest BCUT2D eigenvalue weighted by molar-refractivity contribution is 6.12. The van der Waals surface area contributed by atoms with Crippen LogP contribution < -0.4 is 10.2 Å². The van der Waals surface area contributed by atoms with E-state index in [1.807, 2.05) is 0 Å². The molecule has 3 nitrogen and oxygen atoms in total. The molecule has 1 amide bonds. The molecule has 0 saturated heterocycles. The summed E-state index contributed by atoms with van der Waals surface area (Å²) in [5.41, 5.74) is 0.898. The lowest BCUT2D eigenvalue weighted by Crippen LogP contribution is -2.12. The van der Waals surface area contributed by atoms with Crippen LogP contribution in [-0.4, -0.2) is 13.0 Å². The minimum absolute atomic E-state index is 0.308. The quantitative estimate of drug-likeness (QED) is 0.794. The molecular weight excluding hydrogens is 281 g/mol. The number of anilines is 3. The number of benzene rings is 2. The van der Waals surface area contributed by atoms with Crippen molar-refractivity contribution in [1.82, 2.24) is 0 Å². The normalized spacial score (nSPS) is 14.1. The highest BCUT2D eigenvalue weighted by atomic mass is 19.4. The lowest BCUT2D eigenvalue weighted by molar-refractivity contribution is -0.137. The zero-order chi connectivity index (χ0) is 15.2. The first-order valence-electron chi connectivity index (χ1n) is 6.23. The fraction of sp³-hybridized carbons (Fsp3) is 0.133. The molecule has 0 unspecified atom stereocenters. The van der Waals surface area contributed by atoms with E-state index in [1.165, 1.54) is 6.07 Å². The van der Waals surface area contributed by atoms with Crippen molar-refractivity contribution in [2.75, 3.05) is 17.3 Å². The summed E-state index contributed by atoms with van der Waals surface area (Å²) in [6, 6.07) is 10.1. The molecule has 0 fully saturated rings. The van der Waals surface area contributed by atoms with Crippen LogP contribution in [0.15, 0.2) is 42.5 Å².